The minimum Gasteiger partial charge on any atom is -0.322 e. The molecule has 3 aromatic rings. The first kappa shape index (κ1) is 15.8. The summed E-state index contributed by atoms with van der Waals surface area (Å²) in [5.74, 6) is -2.78. The van der Waals surface area contributed by atoms with E-state index in [0.717, 1.165) is 29.7 Å². The number of hydrogen-bond acceptors (Lipinski definition) is 1. The van der Waals surface area contributed by atoms with Crippen molar-refractivity contribution < 1.29 is 13.6 Å². The van der Waals surface area contributed by atoms with Crippen molar-refractivity contribution in [2.45, 2.75) is 6.42 Å². The molecule has 0 radical (unpaired) electrons. The normalized spacial score (nSPS) is 11.8. The molecule has 0 bridgehead atoms. The lowest BCUT2D eigenvalue weighted by molar-refractivity contribution is 0.102. The van der Waals surface area contributed by atoms with Gasteiger partial charge < -0.3 is 5.32 Å². The zero-order chi connectivity index (χ0) is 17.6. The van der Waals surface area contributed by atoms with Crippen LogP contribution >= 0.6 is 11.6 Å². The molecular weight excluding hydrogens is 344 g/mol. The van der Waals surface area contributed by atoms with Crippen molar-refractivity contribution in [3.05, 3.63) is 87.9 Å². The third-order valence-electron chi connectivity index (χ3n) is 4.31. The molecular formula is C20H12ClF2NO. The van der Waals surface area contributed by atoms with E-state index in [4.69, 9.17) is 11.6 Å². The van der Waals surface area contributed by atoms with E-state index < -0.39 is 17.5 Å². The van der Waals surface area contributed by atoms with Gasteiger partial charge in [-0.05, 0) is 52.9 Å². The maximum absolute atomic E-state index is 13.4. The molecule has 1 aliphatic carbocycles. The summed E-state index contributed by atoms with van der Waals surface area (Å²) in [6.45, 7) is 0. The molecule has 0 saturated carbocycles. The summed E-state index contributed by atoms with van der Waals surface area (Å²) in [4.78, 5) is 12.3. The second-order valence-corrected chi connectivity index (χ2v) is 6.31. The topological polar surface area (TPSA) is 29.1 Å². The zero-order valence-corrected chi connectivity index (χ0v) is 13.7. The van der Waals surface area contributed by atoms with Crippen molar-refractivity contribution in [1.82, 2.24) is 0 Å². The Bertz CT molecular complexity index is 1020. The first-order valence-electron chi connectivity index (χ1n) is 7.70. The molecule has 0 spiro atoms. The third kappa shape index (κ3) is 2.79. The van der Waals surface area contributed by atoms with Crippen molar-refractivity contribution in [2.75, 3.05) is 5.32 Å². The maximum Gasteiger partial charge on any atom is 0.257 e. The smallest absolute Gasteiger partial charge is 0.257 e. The SMILES string of the molecule is O=C(Nc1ccc2c(c1)Cc1ccccc1-2)c1cc(F)c(F)cc1Cl. The largest absolute Gasteiger partial charge is 0.322 e. The summed E-state index contributed by atoms with van der Waals surface area (Å²) in [5, 5.41) is 2.56. The van der Waals surface area contributed by atoms with Crippen LogP contribution in [0.3, 0.4) is 0 Å². The second-order valence-electron chi connectivity index (χ2n) is 5.91. The fourth-order valence-electron chi connectivity index (χ4n) is 3.12. The first-order chi connectivity index (χ1) is 12.0. The summed E-state index contributed by atoms with van der Waals surface area (Å²) >= 11 is 5.85. The molecule has 2 nitrogen and oxygen atoms in total. The summed E-state index contributed by atoms with van der Waals surface area (Å²) < 4.78 is 26.5. The van der Waals surface area contributed by atoms with Gasteiger partial charge in [-0.25, -0.2) is 8.78 Å². The molecule has 1 N–H and O–H groups in total. The van der Waals surface area contributed by atoms with Crippen molar-refractivity contribution in [1.29, 1.82) is 0 Å². The van der Waals surface area contributed by atoms with E-state index >= 15 is 0 Å². The van der Waals surface area contributed by atoms with Crippen molar-refractivity contribution >= 4 is 23.2 Å². The van der Waals surface area contributed by atoms with Gasteiger partial charge in [-0.1, -0.05) is 41.9 Å². The molecule has 0 aliphatic heterocycles. The number of hydrogen-bond donors (Lipinski definition) is 1. The van der Waals surface area contributed by atoms with Crippen LogP contribution in [0.4, 0.5) is 14.5 Å². The van der Waals surface area contributed by atoms with Gasteiger partial charge in [-0.3, -0.25) is 4.79 Å². The van der Waals surface area contributed by atoms with E-state index in [1.165, 1.54) is 11.1 Å². The molecule has 0 aromatic heterocycles. The van der Waals surface area contributed by atoms with Crippen LogP contribution in [0.25, 0.3) is 11.1 Å². The Morgan fingerprint density at radius 1 is 0.920 bits per heavy atom. The molecule has 4 rings (SSSR count). The molecule has 0 atom stereocenters. The van der Waals surface area contributed by atoms with E-state index in [1.54, 1.807) is 6.07 Å². The van der Waals surface area contributed by atoms with Crippen molar-refractivity contribution in [3.63, 3.8) is 0 Å². The number of anilines is 1. The monoisotopic (exact) mass is 355 g/mol. The minimum absolute atomic E-state index is 0.107. The number of amides is 1. The lowest BCUT2D eigenvalue weighted by Crippen LogP contribution is -2.13. The fourth-order valence-corrected chi connectivity index (χ4v) is 3.35. The van der Waals surface area contributed by atoms with Crippen LogP contribution in [0.1, 0.15) is 21.5 Å². The number of benzene rings is 3. The number of nitrogens with one attached hydrogen (secondary N) is 1. The summed E-state index contributed by atoms with van der Waals surface area (Å²) in [6.07, 6.45) is 0.793. The average molecular weight is 356 g/mol. The van der Waals surface area contributed by atoms with Gasteiger partial charge in [0.15, 0.2) is 11.6 Å². The van der Waals surface area contributed by atoms with Crippen LogP contribution in [-0.4, -0.2) is 5.91 Å². The second kappa shape index (κ2) is 5.97. The lowest BCUT2D eigenvalue weighted by atomic mass is 10.1. The van der Waals surface area contributed by atoms with Crippen LogP contribution in [0.5, 0.6) is 0 Å². The Morgan fingerprint density at radius 2 is 1.64 bits per heavy atom. The van der Waals surface area contributed by atoms with Gasteiger partial charge in [0.2, 0.25) is 0 Å². The maximum atomic E-state index is 13.4. The van der Waals surface area contributed by atoms with Crippen molar-refractivity contribution in [3.8, 4) is 11.1 Å². The third-order valence-corrected chi connectivity index (χ3v) is 4.62. The summed E-state index contributed by atoms with van der Waals surface area (Å²) in [6, 6.07) is 15.4. The Hall–Kier alpha value is -2.72. The molecule has 0 unspecified atom stereocenters. The van der Waals surface area contributed by atoms with Gasteiger partial charge in [0, 0.05) is 5.69 Å². The Balaban J connectivity index is 1.62. The Kier molecular flexibility index (Phi) is 3.77. The molecule has 3 aromatic carbocycles. The van der Waals surface area contributed by atoms with E-state index in [2.05, 4.69) is 17.4 Å². The number of carbonyl (C=O) groups excluding carboxylic acids is 1. The van der Waals surface area contributed by atoms with E-state index in [-0.39, 0.29) is 10.6 Å². The highest BCUT2D eigenvalue weighted by Gasteiger charge is 2.19. The van der Waals surface area contributed by atoms with E-state index in [0.29, 0.717) is 5.69 Å². The van der Waals surface area contributed by atoms with E-state index in [9.17, 15) is 13.6 Å². The van der Waals surface area contributed by atoms with Gasteiger partial charge in [0.05, 0.1) is 10.6 Å². The number of carbonyl (C=O) groups is 1. The number of halogens is 3. The summed E-state index contributed by atoms with van der Waals surface area (Å²) in [7, 11) is 0. The lowest BCUT2D eigenvalue weighted by Gasteiger charge is -2.09. The predicted octanol–water partition coefficient (Wildman–Crippen LogP) is 5.44. The van der Waals surface area contributed by atoms with Crippen molar-refractivity contribution in [2.24, 2.45) is 0 Å². The molecule has 0 heterocycles. The Labute approximate surface area is 148 Å². The quantitative estimate of drug-likeness (QED) is 0.476. The van der Waals surface area contributed by atoms with Crippen LogP contribution < -0.4 is 5.32 Å². The minimum atomic E-state index is -1.11. The van der Waals surface area contributed by atoms with Crippen LogP contribution in [0.15, 0.2) is 54.6 Å². The summed E-state index contributed by atoms with van der Waals surface area (Å²) in [5.41, 5.74) is 5.15. The molecule has 1 amide bonds. The van der Waals surface area contributed by atoms with Crippen LogP contribution in [0, 0.1) is 11.6 Å². The van der Waals surface area contributed by atoms with Gasteiger partial charge in [0.1, 0.15) is 0 Å². The standard InChI is InChI=1S/C20H12ClF2NO/c21-17-10-19(23)18(22)9-16(17)20(25)24-13-5-6-15-12(8-13)7-11-3-1-2-4-14(11)15/h1-6,8-10H,7H2,(H,24,25). The molecule has 0 fully saturated rings. The predicted molar refractivity (Wildman–Crippen MR) is 94.0 cm³/mol. The number of fused-ring (bicyclic) bond motifs is 3. The van der Waals surface area contributed by atoms with Gasteiger partial charge in [0.25, 0.3) is 5.91 Å². The van der Waals surface area contributed by atoms with E-state index in [1.807, 2.05) is 24.3 Å². The molecule has 124 valence electrons. The van der Waals surface area contributed by atoms with Gasteiger partial charge in [-0.2, -0.15) is 0 Å². The molecule has 1 aliphatic rings. The highest BCUT2D eigenvalue weighted by atomic mass is 35.5. The molecule has 25 heavy (non-hydrogen) atoms. The zero-order valence-electron chi connectivity index (χ0n) is 12.9. The fraction of sp³-hybridized carbons (Fsp3) is 0.0500. The van der Waals surface area contributed by atoms with Gasteiger partial charge in [-0.15, -0.1) is 0 Å². The number of rotatable bonds is 2. The average Bonchev–Trinajstić information content (AvgIpc) is 2.95. The van der Waals surface area contributed by atoms with Crippen LogP contribution in [0.2, 0.25) is 5.02 Å². The Morgan fingerprint density at radius 3 is 2.48 bits per heavy atom. The van der Waals surface area contributed by atoms with Crippen LogP contribution in [-0.2, 0) is 6.42 Å². The highest BCUT2D eigenvalue weighted by molar-refractivity contribution is 6.34. The molecule has 0 saturated heterocycles. The first-order valence-corrected chi connectivity index (χ1v) is 8.08. The van der Waals surface area contributed by atoms with Gasteiger partial charge >= 0.3 is 0 Å². The molecule has 5 heteroatoms. The highest BCUT2D eigenvalue weighted by Crippen LogP contribution is 2.37.